The molecule has 0 bridgehead atoms. The second kappa shape index (κ2) is 4.86. The van der Waals surface area contributed by atoms with Crippen molar-refractivity contribution >= 4 is 18.0 Å². The first-order chi connectivity index (χ1) is 8.16. The molecule has 1 saturated carbocycles. The Labute approximate surface area is 98.1 Å². The molecular weight excluding hydrogens is 222 g/mol. The second-order valence-electron chi connectivity index (χ2n) is 4.01. The first-order valence-corrected chi connectivity index (χ1v) is 5.41. The van der Waals surface area contributed by atoms with Gasteiger partial charge in [0.2, 0.25) is 5.91 Å². The SMILES string of the molecule is O=C(/C=C/c1ccco1)NC(C(=O)O)C1CC1. The Morgan fingerprint density at radius 1 is 1.53 bits per heavy atom. The van der Waals surface area contributed by atoms with Crippen LogP contribution in [0.1, 0.15) is 18.6 Å². The van der Waals surface area contributed by atoms with Gasteiger partial charge in [-0.2, -0.15) is 0 Å². The Hall–Kier alpha value is -2.04. The van der Waals surface area contributed by atoms with Crippen LogP contribution in [0.3, 0.4) is 0 Å². The summed E-state index contributed by atoms with van der Waals surface area (Å²) in [6.45, 7) is 0. The van der Waals surface area contributed by atoms with E-state index in [0.717, 1.165) is 12.8 Å². The maximum atomic E-state index is 11.5. The monoisotopic (exact) mass is 235 g/mol. The molecule has 1 aliphatic rings. The number of hydrogen-bond acceptors (Lipinski definition) is 3. The van der Waals surface area contributed by atoms with Crippen LogP contribution in [0, 0.1) is 5.92 Å². The van der Waals surface area contributed by atoms with Gasteiger partial charge in [0.1, 0.15) is 11.8 Å². The van der Waals surface area contributed by atoms with Gasteiger partial charge in [0.05, 0.1) is 6.26 Å². The molecule has 0 spiro atoms. The average molecular weight is 235 g/mol. The number of aliphatic carboxylic acids is 1. The molecule has 1 atom stereocenters. The standard InChI is InChI=1S/C12H13NO4/c14-10(6-5-9-2-1-7-17-9)13-11(12(15)16)8-3-4-8/h1-2,5-8,11H,3-4H2,(H,13,14)(H,15,16)/b6-5+. The highest BCUT2D eigenvalue weighted by molar-refractivity contribution is 5.94. The lowest BCUT2D eigenvalue weighted by molar-refractivity contribution is -0.141. The van der Waals surface area contributed by atoms with Crippen LogP contribution in [0.15, 0.2) is 28.9 Å². The van der Waals surface area contributed by atoms with E-state index < -0.39 is 17.9 Å². The summed E-state index contributed by atoms with van der Waals surface area (Å²) in [5, 5.41) is 11.4. The number of furan rings is 1. The van der Waals surface area contributed by atoms with Crippen molar-refractivity contribution in [1.29, 1.82) is 0 Å². The van der Waals surface area contributed by atoms with Gasteiger partial charge in [0, 0.05) is 6.08 Å². The lowest BCUT2D eigenvalue weighted by Crippen LogP contribution is -2.41. The van der Waals surface area contributed by atoms with E-state index in [0.29, 0.717) is 5.76 Å². The molecule has 0 aromatic carbocycles. The number of carboxylic acid groups (broad SMARTS) is 1. The molecule has 1 aliphatic carbocycles. The van der Waals surface area contributed by atoms with E-state index in [2.05, 4.69) is 5.32 Å². The molecule has 1 fully saturated rings. The highest BCUT2D eigenvalue weighted by Crippen LogP contribution is 2.32. The summed E-state index contributed by atoms with van der Waals surface area (Å²) in [6, 6.07) is 2.64. The van der Waals surface area contributed by atoms with E-state index in [1.807, 2.05) is 0 Å². The van der Waals surface area contributed by atoms with Gasteiger partial charge in [-0.05, 0) is 37.0 Å². The fraction of sp³-hybridized carbons (Fsp3) is 0.333. The third-order valence-corrected chi connectivity index (χ3v) is 2.60. The molecule has 2 N–H and O–H groups in total. The van der Waals surface area contributed by atoms with E-state index in [1.54, 1.807) is 12.1 Å². The van der Waals surface area contributed by atoms with Crippen LogP contribution in [0.2, 0.25) is 0 Å². The van der Waals surface area contributed by atoms with Crippen LogP contribution < -0.4 is 5.32 Å². The Morgan fingerprint density at radius 3 is 2.82 bits per heavy atom. The summed E-state index contributed by atoms with van der Waals surface area (Å²) in [5.41, 5.74) is 0. The van der Waals surface area contributed by atoms with Gasteiger partial charge in [0.15, 0.2) is 0 Å². The zero-order valence-corrected chi connectivity index (χ0v) is 9.13. The fourth-order valence-electron chi connectivity index (χ4n) is 1.56. The molecular formula is C12H13NO4. The summed E-state index contributed by atoms with van der Waals surface area (Å²) in [4.78, 5) is 22.4. The van der Waals surface area contributed by atoms with Gasteiger partial charge in [0.25, 0.3) is 0 Å². The van der Waals surface area contributed by atoms with Crippen molar-refractivity contribution in [2.75, 3.05) is 0 Å². The summed E-state index contributed by atoms with van der Waals surface area (Å²) < 4.78 is 5.01. The molecule has 5 heteroatoms. The van der Waals surface area contributed by atoms with Crippen molar-refractivity contribution in [2.45, 2.75) is 18.9 Å². The molecule has 2 rings (SSSR count). The summed E-state index contributed by atoms with van der Waals surface area (Å²) >= 11 is 0. The molecule has 1 amide bonds. The van der Waals surface area contributed by atoms with Crippen LogP contribution in [0.4, 0.5) is 0 Å². The number of nitrogens with one attached hydrogen (secondary N) is 1. The highest BCUT2D eigenvalue weighted by Gasteiger charge is 2.36. The number of carboxylic acids is 1. The van der Waals surface area contributed by atoms with E-state index in [4.69, 9.17) is 9.52 Å². The number of carbonyl (C=O) groups excluding carboxylic acids is 1. The van der Waals surface area contributed by atoms with Gasteiger partial charge >= 0.3 is 5.97 Å². The number of amides is 1. The van der Waals surface area contributed by atoms with Gasteiger partial charge in [-0.25, -0.2) is 4.79 Å². The van der Waals surface area contributed by atoms with Crippen molar-refractivity contribution in [1.82, 2.24) is 5.32 Å². The number of hydrogen-bond donors (Lipinski definition) is 2. The molecule has 0 radical (unpaired) electrons. The van der Waals surface area contributed by atoms with Crippen LogP contribution in [-0.2, 0) is 9.59 Å². The molecule has 1 aromatic rings. The van der Waals surface area contributed by atoms with Crippen molar-refractivity contribution in [2.24, 2.45) is 5.92 Å². The van der Waals surface area contributed by atoms with E-state index in [1.165, 1.54) is 18.4 Å². The Bertz CT molecular complexity index is 431. The largest absolute Gasteiger partial charge is 0.480 e. The zero-order valence-electron chi connectivity index (χ0n) is 9.13. The molecule has 1 aromatic heterocycles. The van der Waals surface area contributed by atoms with Crippen molar-refractivity contribution in [3.05, 3.63) is 30.2 Å². The quantitative estimate of drug-likeness (QED) is 0.753. The Kier molecular flexibility index (Phi) is 3.27. The zero-order chi connectivity index (χ0) is 12.3. The van der Waals surface area contributed by atoms with Crippen molar-refractivity contribution in [3.8, 4) is 0 Å². The molecule has 5 nitrogen and oxygen atoms in total. The van der Waals surface area contributed by atoms with Crippen LogP contribution >= 0.6 is 0 Å². The Balaban J connectivity index is 1.89. The van der Waals surface area contributed by atoms with Crippen LogP contribution in [0.5, 0.6) is 0 Å². The lowest BCUT2D eigenvalue weighted by atomic mass is 10.2. The molecule has 17 heavy (non-hydrogen) atoms. The minimum atomic E-state index is -0.979. The first kappa shape index (κ1) is 11.4. The van der Waals surface area contributed by atoms with Crippen molar-refractivity contribution in [3.63, 3.8) is 0 Å². The van der Waals surface area contributed by atoms with E-state index in [9.17, 15) is 9.59 Å². The summed E-state index contributed by atoms with van der Waals surface area (Å²) in [6.07, 6.45) is 6.00. The van der Waals surface area contributed by atoms with E-state index >= 15 is 0 Å². The van der Waals surface area contributed by atoms with Crippen LogP contribution in [0.25, 0.3) is 6.08 Å². The number of carbonyl (C=O) groups is 2. The lowest BCUT2D eigenvalue weighted by Gasteiger charge is -2.11. The van der Waals surface area contributed by atoms with Gasteiger partial charge in [-0.3, -0.25) is 4.79 Å². The fourth-order valence-corrected chi connectivity index (χ4v) is 1.56. The molecule has 90 valence electrons. The minimum absolute atomic E-state index is 0.0773. The maximum Gasteiger partial charge on any atom is 0.326 e. The smallest absolute Gasteiger partial charge is 0.326 e. The molecule has 0 aliphatic heterocycles. The summed E-state index contributed by atoms with van der Waals surface area (Å²) in [5.74, 6) is -0.764. The van der Waals surface area contributed by atoms with Crippen molar-refractivity contribution < 1.29 is 19.1 Å². The molecule has 1 heterocycles. The van der Waals surface area contributed by atoms with Gasteiger partial charge in [-0.15, -0.1) is 0 Å². The summed E-state index contributed by atoms with van der Waals surface area (Å²) in [7, 11) is 0. The normalized spacial score (nSPS) is 16.9. The maximum absolute atomic E-state index is 11.5. The molecule has 1 unspecified atom stereocenters. The van der Waals surface area contributed by atoms with Gasteiger partial charge < -0.3 is 14.8 Å². The third kappa shape index (κ3) is 3.21. The second-order valence-corrected chi connectivity index (χ2v) is 4.01. The molecule has 0 saturated heterocycles. The van der Waals surface area contributed by atoms with Gasteiger partial charge in [-0.1, -0.05) is 0 Å². The number of rotatable bonds is 5. The highest BCUT2D eigenvalue weighted by atomic mass is 16.4. The van der Waals surface area contributed by atoms with E-state index in [-0.39, 0.29) is 5.92 Å². The van der Waals surface area contributed by atoms with Crippen LogP contribution in [-0.4, -0.2) is 23.0 Å². The first-order valence-electron chi connectivity index (χ1n) is 5.41. The third-order valence-electron chi connectivity index (χ3n) is 2.60. The minimum Gasteiger partial charge on any atom is -0.480 e. The predicted molar refractivity (Wildman–Crippen MR) is 60.0 cm³/mol. The predicted octanol–water partition coefficient (Wildman–Crippen LogP) is 1.27. The topological polar surface area (TPSA) is 79.5 Å². The Morgan fingerprint density at radius 2 is 2.29 bits per heavy atom. The average Bonchev–Trinajstić information content (AvgIpc) is 2.99.